The summed E-state index contributed by atoms with van der Waals surface area (Å²) in [6.07, 6.45) is 5.00. The van der Waals surface area contributed by atoms with Gasteiger partial charge in [0.1, 0.15) is 0 Å². The highest BCUT2D eigenvalue weighted by Gasteiger charge is 2.22. The Morgan fingerprint density at radius 2 is 2.26 bits per heavy atom. The summed E-state index contributed by atoms with van der Waals surface area (Å²) in [7, 11) is 0. The summed E-state index contributed by atoms with van der Waals surface area (Å²) in [6, 6.07) is 0. The van der Waals surface area contributed by atoms with E-state index in [0.717, 1.165) is 44.4 Å². The highest BCUT2D eigenvalue weighted by Crippen LogP contribution is 2.36. The molecule has 2 fully saturated rings. The molecule has 3 heterocycles. The number of nitrogens with one attached hydrogen (secondary N) is 1. The lowest BCUT2D eigenvalue weighted by Gasteiger charge is -2.17. The van der Waals surface area contributed by atoms with Crippen LogP contribution in [0.4, 0.5) is 0 Å². The molecule has 5 nitrogen and oxygen atoms in total. The highest BCUT2D eigenvalue weighted by molar-refractivity contribution is 7.99. The van der Waals surface area contributed by atoms with Crippen LogP contribution in [0.5, 0.6) is 0 Å². The van der Waals surface area contributed by atoms with Crippen molar-refractivity contribution in [2.75, 3.05) is 31.9 Å². The van der Waals surface area contributed by atoms with Gasteiger partial charge in [-0.05, 0) is 38.1 Å². The van der Waals surface area contributed by atoms with E-state index in [0.29, 0.717) is 5.25 Å². The predicted octanol–water partition coefficient (Wildman–Crippen LogP) is 1.82. The van der Waals surface area contributed by atoms with Crippen LogP contribution in [0.2, 0.25) is 0 Å². The van der Waals surface area contributed by atoms with Gasteiger partial charge in [0.2, 0.25) is 5.89 Å². The van der Waals surface area contributed by atoms with Gasteiger partial charge in [0.15, 0.2) is 5.82 Å². The molecule has 0 aliphatic carbocycles. The van der Waals surface area contributed by atoms with E-state index in [9.17, 15) is 0 Å². The van der Waals surface area contributed by atoms with Gasteiger partial charge in [-0.1, -0.05) is 11.6 Å². The second-order valence-corrected chi connectivity index (χ2v) is 6.59. The molecule has 0 spiro atoms. The van der Waals surface area contributed by atoms with Gasteiger partial charge in [-0.3, -0.25) is 4.90 Å². The van der Waals surface area contributed by atoms with E-state index in [-0.39, 0.29) is 0 Å². The summed E-state index contributed by atoms with van der Waals surface area (Å²) in [5, 5.41) is 8.04. The molecule has 1 unspecified atom stereocenters. The minimum Gasteiger partial charge on any atom is -0.338 e. The number of hydrogen-bond acceptors (Lipinski definition) is 6. The van der Waals surface area contributed by atoms with Crippen molar-refractivity contribution in [1.82, 2.24) is 20.4 Å². The van der Waals surface area contributed by atoms with E-state index in [4.69, 9.17) is 4.52 Å². The van der Waals surface area contributed by atoms with Crippen molar-refractivity contribution < 1.29 is 4.52 Å². The molecule has 106 valence electrons. The van der Waals surface area contributed by atoms with E-state index >= 15 is 0 Å². The SMILES string of the molecule is C1CCC(c2noc(CN3CCCNCC3)n2)SC1. The van der Waals surface area contributed by atoms with Crippen LogP contribution < -0.4 is 5.32 Å². The lowest BCUT2D eigenvalue weighted by atomic mass is 10.2. The maximum Gasteiger partial charge on any atom is 0.240 e. The molecule has 2 saturated heterocycles. The quantitative estimate of drug-likeness (QED) is 0.913. The van der Waals surface area contributed by atoms with Gasteiger partial charge >= 0.3 is 0 Å². The van der Waals surface area contributed by atoms with Crippen LogP contribution in [-0.4, -0.2) is 47.0 Å². The maximum atomic E-state index is 5.42. The van der Waals surface area contributed by atoms with E-state index in [1.165, 1.54) is 31.4 Å². The topological polar surface area (TPSA) is 54.2 Å². The molecule has 1 N–H and O–H groups in total. The molecule has 0 amide bonds. The first-order chi connectivity index (χ1) is 9.42. The van der Waals surface area contributed by atoms with Crippen LogP contribution in [0, 0.1) is 0 Å². The molecule has 2 aliphatic rings. The first-order valence-electron chi connectivity index (χ1n) is 7.29. The molecule has 0 bridgehead atoms. The third kappa shape index (κ3) is 3.70. The number of thioether (sulfide) groups is 1. The van der Waals surface area contributed by atoms with E-state index in [1.54, 1.807) is 0 Å². The average molecular weight is 282 g/mol. The second-order valence-electron chi connectivity index (χ2n) is 5.28. The lowest BCUT2D eigenvalue weighted by molar-refractivity contribution is 0.238. The Morgan fingerprint density at radius 1 is 1.26 bits per heavy atom. The third-order valence-electron chi connectivity index (χ3n) is 3.74. The Labute approximate surface area is 118 Å². The zero-order valence-corrected chi connectivity index (χ0v) is 12.1. The molecule has 6 heteroatoms. The first-order valence-corrected chi connectivity index (χ1v) is 8.34. The minimum absolute atomic E-state index is 0.456. The second kappa shape index (κ2) is 6.72. The predicted molar refractivity (Wildman–Crippen MR) is 76.1 cm³/mol. The number of aromatic nitrogens is 2. The summed E-state index contributed by atoms with van der Waals surface area (Å²) in [4.78, 5) is 6.99. The highest BCUT2D eigenvalue weighted by atomic mass is 32.2. The minimum atomic E-state index is 0.456. The van der Waals surface area contributed by atoms with Gasteiger partial charge in [-0.2, -0.15) is 16.7 Å². The zero-order valence-electron chi connectivity index (χ0n) is 11.3. The molecule has 0 radical (unpaired) electrons. The fraction of sp³-hybridized carbons (Fsp3) is 0.846. The van der Waals surface area contributed by atoms with Crippen molar-refractivity contribution in [2.45, 2.75) is 37.5 Å². The van der Waals surface area contributed by atoms with Crippen molar-refractivity contribution >= 4 is 11.8 Å². The Bertz CT molecular complexity index is 384. The van der Waals surface area contributed by atoms with Crippen molar-refractivity contribution in [3.05, 3.63) is 11.7 Å². The molecule has 1 atom stereocenters. The van der Waals surface area contributed by atoms with Crippen LogP contribution in [0.3, 0.4) is 0 Å². The van der Waals surface area contributed by atoms with Crippen LogP contribution >= 0.6 is 11.8 Å². The van der Waals surface area contributed by atoms with Gasteiger partial charge in [0.25, 0.3) is 0 Å². The monoisotopic (exact) mass is 282 g/mol. The Kier molecular flexibility index (Phi) is 4.74. The Morgan fingerprint density at radius 3 is 3.16 bits per heavy atom. The Hall–Kier alpha value is -0.590. The smallest absolute Gasteiger partial charge is 0.240 e. The van der Waals surface area contributed by atoms with E-state index in [1.807, 2.05) is 11.8 Å². The van der Waals surface area contributed by atoms with Gasteiger partial charge in [0.05, 0.1) is 11.8 Å². The normalized spacial score (nSPS) is 26.2. The van der Waals surface area contributed by atoms with Crippen LogP contribution in [-0.2, 0) is 6.54 Å². The molecular weight excluding hydrogens is 260 g/mol. The molecule has 1 aromatic heterocycles. The third-order valence-corrected chi connectivity index (χ3v) is 5.12. The van der Waals surface area contributed by atoms with Gasteiger partial charge in [-0.25, -0.2) is 0 Å². The van der Waals surface area contributed by atoms with E-state index < -0.39 is 0 Å². The fourth-order valence-electron chi connectivity index (χ4n) is 2.66. The fourth-order valence-corrected chi connectivity index (χ4v) is 3.89. The van der Waals surface area contributed by atoms with Gasteiger partial charge < -0.3 is 9.84 Å². The summed E-state index contributed by atoms with van der Waals surface area (Å²) in [6.45, 7) is 5.15. The molecule has 0 saturated carbocycles. The molecule has 2 aliphatic heterocycles. The molecule has 1 aromatic rings. The Balaban J connectivity index is 1.57. The molecule has 3 rings (SSSR count). The number of nitrogens with zero attached hydrogens (tertiary/aromatic N) is 3. The van der Waals surface area contributed by atoms with Crippen LogP contribution in [0.15, 0.2) is 4.52 Å². The lowest BCUT2D eigenvalue weighted by Crippen LogP contribution is -2.27. The molecule has 0 aromatic carbocycles. The van der Waals surface area contributed by atoms with Crippen molar-refractivity contribution in [3.63, 3.8) is 0 Å². The summed E-state index contributed by atoms with van der Waals surface area (Å²) < 4.78 is 5.42. The van der Waals surface area contributed by atoms with Gasteiger partial charge in [-0.15, -0.1) is 0 Å². The zero-order chi connectivity index (χ0) is 12.9. The van der Waals surface area contributed by atoms with Crippen molar-refractivity contribution in [3.8, 4) is 0 Å². The average Bonchev–Trinajstić information content (AvgIpc) is 2.76. The first kappa shape index (κ1) is 13.4. The summed E-state index contributed by atoms with van der Waals surface area (Å²) in [5.41, 5.74) is 0. The molecule has 19 heavy (non-hydrogen) atoms. The molecular formula is C13H22N4OS. The largest absolute Gasteiger partial charge is 0.338 e. The van der Waals surface area contributed by atoms with E-state index in [2.05, 4.69) is 20.4 Å². The van der Waals surface area contributed by atoms with Crippen LogP contribution in [0.25, 0.3) is 0 Å². The van der Waals surface area contributed by atoms with Crippen molar-refractivity contribution in [1.29, 1.82) is 0 Å². The summed E-state index contributed by atoms with van der Waals surface area (Å²) >= 11 is 1.97. The standard InChI is InChI=1S/C13H22N4OS/c1-2-9-19-11(4-1)13-15-12(18-16-13)10-17-7-3-5-14-6-8-17/h11,14H,1-10H2. The number of hydrogen-bond donors (Lipinski definition) is 1. The van der Waals surface area contributed by atoms with Gasteiger partial charge in [0, 0.05) is 13.1 Å². The summed E-state index contributed by atoms with van der Waals surface area (Å²) in [5.74, 6) is 2.92. The maximum absolute atomic E-state index is 5.42. The number of rotatable bonds is 3. The van der Waals surface area contributed by atoms with Crippen LogP contribution in [0.1, 0.15) is 42.6 Å². The van der Waals surface area contributed by atoms with Crippen molar-refractivity contribution in [2.24, 2.45) is 0 Å².